The minimum absolute atomic E-state index is 0.00585. The second-order valence-corrected chi connectivity index (χ2v) is 22.7. The predicted molar refractivity (Wildman–Crippen MR) is 285 cm³/mol. The van der Waals surface area contributed by atoms with Crippen LogP contribution in [-0.2, 0) is 16.2 Å². The Bertz CT molecular complexity index is 3340. The Morgan fingerprint density at radius 2 is 0.985 bits per heavy atom. The van der Waals surface area contributed by atoms with Crippen LogP contribution in [0.5, 0.6) is 0 Å². The smallest absolute Gasteiger partial charge is 0.252 e. The molecule has 0 fully saturated rings. The third-order valence-electron chi connectivity index (χ3n) is 14.0. The lowest BCUT2D eigenvalue weighted by atomic mass is 9.33. The van der Waals surface area contributed by atoms with E-state index in [4.69, 9.17) is 0 Å². The number of benzene rings is 8. The maximum atomic E-state index is 2.60. The van der Waals surface area contributed by atoms with E-state index in [-0.39, 0.29) is 23.0 Å². The third kappa shape index (κ3) is 6.92. The molecule has 0 N–H and O–H groups in total. The van der Waals surface area contributed by atoms with Crippen molar-refractivity contribution in [2.75, 3.05) is 9.80 Å². The molecule has 0 spiro atoms. The molecule has 2 aliphatic rings. The van der Waals surface area contributed by atoms with E-state index >= 15 is 0 Å². The quantitative estimate of drug-likeness (QED) is 0.163. The van der Waals surface area contributed by atoms with Gasteiger partial charge in [0.15, 0.2) is 0 Å². The lowest BCUT2D eigenvalue weighted by Gasteiger charge is -2.45. The molecule has 8 aromatic carbocycles. The van der Waals surface area contributed by atoms with E-state index < -0.39 is 0 Å². The number of rotatable bonds is 4. The summed E-state index contributed by atoms with van der Waals surface area (Å²) in [5.41, 5.74) is 21.5. The highest BCUT2D eigenvalue weighted by molar-refractivity contribution is 7.25. The molecule has 3 heterocycles. The summed E-state index contributed by atoms with van der Waals surface area (Å²) in [6, 6.07) is 62.8. The van der Waals surface area contributed by atoms with E-state index in [2.05, 4.69) is 243 Å². The van der Waals surface area contributed by atoms with Crippen LogP contribution in [0.3, 0.4) is 0 Å². The van der Waals surface area contributed by atoms with Gasteiger partial charge in [-0.3, -0.25) is 0 Å². The van der Waals surface area contributed by atoms with Gasteiger partial charge in [0.1, 0.15) is 0 Å². The summed E-state index contributed by atoms with van der Waals surface area (Å²) >= 11 is 1.88. The Hall–Kier alpha value is -6.36. The molecule has 0 unspecified atom stereocenters. The Kier molecular flexibility index (Phi) is 9.44. The van der Waals surface area contributed by atoms with Crippen LogP contribution in [0.4, 0.5) is 34.1 Å². The van der Waals surface area contributed by atoms with Gasteiger partial charge in [-0.2, -0.15) is 0 Å². The summed E-state index contributed by atoms with van der Waals surface area (Å²) in [5, 5.41) is 2.66. The predicted octanol–water partition coefficient (Wildman–Crippen LogP) is 15.7. The lowest BCUT2D eigenvalue weighted by Crippen LogP contribution is -2.61. The van der Waals surface area contributed by atoms with E-state index in [0.29, 0.717) is 0 Å². The van der Waals surface area contributed by atoms with Crippen LogP contribution in [0, 0.1) is 6.92 Å². The number of aryl methyl sites for hydroxylation is 1. The molecule has 0 radical (unpaired) electrons. The van der Waals surface area contributed by atoms with Gasteiger partial charge >= 0.3 is 0 Å². The van der Waals surface area contributed by atoms with E-state index in [1.807, 2.05) is 11.3 Å². The van der Waals surface area contributed by atoms with Crippen molar-refractivity contribution < 1.29 is 0 Å². The summed E-state index contributed by atoms with van der Waals surface area (Å²) in [4.78, 5) is 5.17. The van der Waals surface area contributed by atoms with E-state index in [1.165, 1.54) is 110 Å². The van der Waals surface area contributed by atoms with Gasteiger partial charge in [-0.05, 0) is 139 Å². The van der Waals surface area contributed by atoms with Gasteiger partial charge < -0.3 is 9.80 Å². The van der Waals surface area contributed by atoms with Crippen molar-refractivity contribution in [2.45, 2.75) is 85.5 Å². The molecular formula is C61H57BN2S. The molecule has 0 saturated carbocycles. The highest BCUT2D eigenvalue weighted by atomic mass is 32.1. The van der Waals surface area contributed by atoms with Crippen LogP contribution >= 0.6 is 11.3 Å². The van der Waals surface area contributed by atoms with Crippen molar-refractivity contribution in [3.05, 3.63) is 186 Å². The first kappa shape index (κ1) is 41.4. The molecule has 65 heavy (non-hydrogen) atoms. The number of anilines is 6. The molecular weight excluding hydrogens is 804 g/mol. The average molecular weight is 861 g/mol. The zero-order chi connectivity index (χ0) is 45.2. The lowest BCUT2D eigenvalue weighted by molar-refractivity contribution is 0.590. The SMILES string of the molecule is Cc1cc2c3c(c1)N(c1ccc(C(C)(C)C)cc1-c1ccccc1)c1ccc(C(C)(C)C)cc1B3c1ccc(C(C)(C)C)cc1N2c1ccc(-c2ccc3c(c2)sc2ccccc23)cc1. The molecule has 1 aromatic heterocycles. The molecule has 320 valence electrons. The minimum Gasteiger partial charge on any atom is -0.311 e. The fourth-order valence-corrected chi connectivity index (χ4v) is 11.5. The van der Waals surface area contributed by atoms with Crippen LogP contribution in [0.25, 0.3) is 42.4 Å². The Morgan fingerprint density at radius 1 is 0.400 bits per heavy atom. The van der Waals surface area contributed by atoms with Gasteiger partial charge in [-0.25, -0.2) is 0 Å². The first-order valence-electron chi connectivity index (χ1n) is 23.3. The average Bonchev–Trinajstić information content (AvgIpc) is 3.66. The van der Waals surface area contributed by atoms with Crippen molar-refractivity contribution in [3.63, 3.8) is 0 Å². The van der Waals surface area contributed by atoms with Gasteiger partial charge in [-0.1, -0.05) is 165 Å². The molecule has 0 bridgehead atoms. The fourth-order valence-electron chi connectivity index (χ4n) is 10.4. The van der Waals surface area contributed by atoms with Crippen LogP contribution in [-0.4, -0.2) is 6.71 Å². The third-order valence-corrected chi connectivity index (χ3v) is 15.1. The summed E-state index contributed by atoms with van der Waals surface area (Å²) in [6.45, 7) is 23.3. The van der Waals surface area contributed by atoms with Crippen molar-refractivity contribution in [2.24, 2.45) is 0 Å². The molecule has 4 heteroatoms. The minimum atomic E-state index is -0.0262. The number of fused-ring (bicyclic) bond motifs is 7. The van der Waals surface area contributed by atoms with Gasteiger partial charge in [0.05, 0.1) is 5.69 Å². The molecule has 0 atom stereocenters. The topological polar surface area (TPSA) is 6.48 Å². The number of thiophene rings is 1. The number of hydrogen-bond acceptors (Lipinski definition) is 3. The largest absolute Gasteiger partial charge is 0.311 e. The van der Waals surface area contributed by atoms with Crippen LogP contribution in [0.15, 0.2) is 164 Å². The maximum Gasteiger partial charge on any atom is 0.252 e. The van der Waals surface area contributed by atoms with E-state index in [9.17, 15) is 0 Å². The second-order valence-electron chi connectivity index (χ2n) is 21.6. The second kappa shape index (κ2) is 14.8. The molecule has 2 nitrogen and oxygen atoms in total. The normalized spacial score (nSPS) is 13.6. The van der Waals surface area contributed by atoms with E-state index in [1.54, 1.807) is 0 Å². The molecule has 9 aromatic rings. The Labute approximate surface area is 390 Å². The number of nitrogens with zero attached hydrogens (tertiary/aromatic N) is 2. The molecule has 2 aliphatic heterocycles. The van der Waals surface area contributed by atoms with Gasteiger partial charge in [0.2, 0.25) is 0 Å². The summed E-state index contributed by atoms with van der Waals surface area (Å²) in [6.07, 6.45) is 0. The number of hydrogen-bond donors (Lipinski definition) is 0. The summed E-state index contributed by atoms with van der Waals surface area (Å²) < 4.78 is 2.66. The van der Waals surface area contributed by atoms with Crippen LogP contribution < -0.4 is 26.2 Å². The molecule has 0 saturated heterocycles. The standard InChI is InChI=1S/C61H57BN2S/c1-38-32-54-58-55(33-38)64(51-30-24-42(59(2,3)4)35-48(51)40-16-12-11-13-17-40)52-31-25-43(60(5,6)7)36-50(52)62(58)49-29-23-44(61(8,9)10)37-53(49)63(54)45-26-20-39(21-27-45)41-22-28-47-46-18-14-15-19-56(46)65-57(47)34-41/h11-37H,1-10H3. The van der Waals surface area contributed by atoms with Crippen molar-refractivity contribution in [1.29, 1.82) is 0 Å². The molecule has 0 amide bonds. The monoisotopic (exact) mass is 860 g/mol. The van der Waals surface area contributed by atoms with Crippen LogP contribution in [0.2, 0.25) is 0 Å². The van der Waals surface area contributed by atoms with Gasteiger partial charge in [-0.15, -0.1) is 11.3 Å². The zero-order valence-corrected chi connectivity index (χ0v) is 40.3. The Morgan fingerprint density at radius 3 is 1.69 bits per heavy atom. The van der Waals surface area contributed by atoms with Gasteiger partial charge in [0.25, 0.3) is 6.71 Å². The fraction of sp³-hybridized carbons (Fsp3) is 0.213. The van der Waals surface area contributed by atoms with Crippen molar-refractivity contribution in [3.8, 4) is 22.3 Å². The Balaban J connectivity index is 1.15. The summed E-state index contributed by atoms with van der Waals surface area (Å²) in [7, 11) is 0. The maximum absolute atomic E-state index is 2.60. The van der Waals surface area contributed by atoms with Gasteiger partial charge in [0, 0.05) is 54.2 Å². The zero-order valence-electron chi connectivity index (χ0n) is 39.5. The molecule has 0 aliphatic carbocycles. The van der Waals surface area contributed by atoms with Crippen molar-refractivity contribution in [1.82, 2.24) is 0 Å². The summed E-state index contributed by atoms with van der Waals surface area (Å²) in [5.74, 6) is 0. The molecule has 11 rings (SSSR count). The van der Waals surface area contributed by atoms with Crippen molar-refractivity contribution >= 4 is 88.7 Å². The highest BCUT2D eigenvalue weighted by Crippen LogP contribution is 2.49. The first-order chi connectivity index (χ1) is 31.0. The van der Waals surface area contributed by atoms with E-state index in [0.717, 1.165) is 5.69 Å². The van der Waals surface area contributed by atoms with Crippen LogP contribution in [0.1, 0.15) is 84.6 Å². The first-order valence-corrected chi connectivity index (χ1v) is 24.1. The highest BCUT2D eigenvalue weighted by Gasteiger charge is 2.44.